The number of rotatable bonds is 5. The molecule has 132 valence electrons. The first-order chi connectivity index (χ1) is 11.5. The predicted molar refractivity (Wildman–Crippen MR) is 93.8 cm³/mol. The summed E-state index contributed by atoms with van der Waals surface area (Å²) in [6.07, 6.45) is 4.06. The lowest BCUT2D eigenvalue weighted by atomic mass is 10.1. The van der Waals surface area contributed by atoms with E-state index < -0.39 is 5.97 Å². The molecule has 1 aromatic carbocycles. The zero-order valence-electron chi connectivity index (χ0n) is 14.1. The van der Waals surface area contributed by atoms with Gasteiger partial charge in [0.05, 0.1) is 13.2 Å². The lowest BCUT2D eigenvalue weighted by Gasteiger charge is -2.26. The Balaban J connectivity index is 1.62. The molecule has 1 atom stereocenters. The molecular formula is C18H25ClN2O3. The highest BCUT2D eigenvalue weighted by Crippen LogP contribution is 2.34. The van der Waals surface area contributed by atoms with Crippen molar-refractivity contribution in [3.8, 4) is 5.75 Å². The van der Waals surface area contributed by atoms with Crippen LogP contribution in [0.3, 0.4) is 0 Å². The second-order valence-corrected chi connectivity index (χ2v) is 7.26. The normalized spacial score (nSPS) is 21.4. The highest BCUT2D eigenvalue weighted by atomic mass is 35.5. The van der Waals surface area contributed by atoms with Crippen molar-refractivity contribution in [1.29, 1.82) is 0 Å². The SMILES string of the molecule is CN(CC(=O)O)C1CCCN(Cc2cc(Cl)cc3c2OCC3)CC1. The summed E-state index contributed by atoms with van der Waals surface area (Å²) in [5.74, 6) is 0.258. The summed E-state index contributed by atoms with van der Waals surface area (Å²) in [4.78, 5) is 15.3. The lowest BCUT2D eigenvalue weighted by Crippen LogP contribution is -2.36. The minimum Gasteiger partial charge on any atom is -0.493 e. The summed E-state index contributed by atoms with van der Waals surface area (Å²) in [5.41, 5.74) is 2.39. The van der Waals surface area contributed by atoms with Crippen LogP contribution in [-0.4, -0.2) is 60.2 Å². The Kier molecular flexibility index (Phi) is 5.64. The number of fused-ring (bicyclic) bond motifs is 1. The molecule has 0 aromatic heterocycles. The fraction of sp³-hybridized carbons (Fsp3) is 0.611. The van der Waals surface area contributed by atoms with Gasteiger partial charge in [0, 0.05) is 29.6 Å². The Morgan fingerprint density at radius 2 is 2.25 bits per heavy atom. The van der Waals surface area contributed by atoms with Gasteiger partial charge in [0.15, 0.2) is 0 Å². The number of nitrogens with zero attached hydrogens (tertiary/aromatic N) is 2. The number of halogens is 1. The van der Waals surface area contributed by atoms with E-state index in [0.717, 1.165) is 62.7 Å². The van der Waals surface area contributed by atoms with Gasteiger partial charge in [-0.05, 0) is 57.1 Å². The van der Waals surface area contributed by atoms with Crippen LogP contribution in [0.25, 0.3) is 0 Å². The van der Waals surface area contributed by atoms with Crippen LogP contribution in [0.1, 0.15) is 30.4 Å². The van der Waals surface area contributed by atoms with E-state index in [9.17, 15) is 4.79 Å². The van der Waals surface area contributed by atoms with Crippen LogP contribution < -0.4 is 4.74 Å². The molecule has 1 fully saturated rings. The van der Waals surface area contributed by atoms with Crippen LogP contribution in [0.2, 0.25) is 5.02 Å². The Hall–Kier alpha value is -1.30. The molecule has 2 heterocycles. The fourth-order valence-electron chi connectivity index (χ4n) is 3.78. The van der Waals surface area contributed by atoms with E-state index in [0.29, 0.717) is 6.04 Å². The predicted octanol–water partition coefficient (Wildman–Crippen LogP) is 2.65. The molecule has 2 aliphatic heterocycles. The average Bonchev–Trinajstić information content (AvgIpc) is 2.85. The van der Waals surface area contributed by atoms with Crippen LogP contribution in [-0.2, 0) is 17.8 Å². The molecule has 0 saturated carbocycles. The van der Waals surface area contributed by atoms with Crippen molar-refractivity contribution in [2.24, 2.45) is 0 Å². The van der Waals surface area contributed by atoms with Gasteiger partial charge in [0.1, 0.15) is 5.75 Å². The Bertz CT molecular complexity index is 608. The van der Waals surface area contributed by atoms with Crippen LogP contribution in [0.15, 0.2) is 12.1 Å². The molecule has 0 bridgehead atoms. The van der Waals surface area contributed by atoms with Gasteiger partial charge in [0.2, 0.25) is 0 Å². The molecule has 0 spiro atoms. The van der Waals surface area contributed by atoms with Gasteiger partial charge in [0.25, 0.3) is 0 Å². The van der Waals surface area contributed by atoms with E-state index in [4.69, 9.17) is 21.4 Å². The number of carboxylic acids is 1. The highest BCUT2D eigenvalue weighted by molar-refractivity contribution is 6.30. The lowest BCUT2D eigenvalue weighted by molar-refractivity contribution is -0.138. The third-order valence-electron chi connectivity index (χ3n) is 5.02. The van der Waals surface area contributed by atoms with E-state index in [1.165, 1.54) is 11.1 Å². The van der Waals surface area contributed by atoms with Crippen molar-refractivity contribution < 1.29 is 14.6 Å². The topological polar surface area (TPSA) is 53.0 Å². The number of hydrogen-bond acceptors (Lipinski definition) is 4. The van der Waals surface area contributed by atoms with Crippen LogP contribution in [0, 0.1) is 0 Å². The number of likely N-dealkylation sites (tertiary alicyclic amines) is 1. The second-order valence-electron chi connectivity index (χ2n) is 6.82. The summed E-state index contributed by atoms with van der Waals surface area (Å²) in [6.45, 7) is 3.69. The monoisotopic (exact) mass is 352 g/mol. The molecule has 1 saturated heterocycles. The zero-order chi connectivity index (χ0) is 17.1. The first-order valence-electron chi connectivity index (χ1n) is 8.61. The van der Waals surface area contributed by atoms with Gasteiger partial charge in [-0.25, -0.2) is 0 Å². The van der Waals surface area contributed by atoms with E-state index in [1.54, 1.807) is 0 Å². The van der Waals surface area contributed by atoms with Gasteiger partial charge >= 0.3 is 5.97 Å². The molecule has 1 unspecified atom stereocenters. The molecule has 0 radical (unpaired) electrons. The van der Waals surface area contributed by atoms with E-state index >= 15 is 0 Å². The molecule has 1 N–H and O–H groups in total. The molecule has 6 heteroatoms. The molecule has 5 nitrogen and oxygen atoms in total. The van der Waals surface area contributed by atoms with Crippen LogP contribution in [0.4, 0.5) is 0 Å². The Labute approximate surface area is 148 Å². The first kappa shape index (κ1) is 17.5. The van der Waals surface area contributed by atoms with Crippen molar-refractivity contribution in [3.05, 3.63) is 28.3 Å². The molecule has 1 aromatic rings. The number of carboxylic acid groups (broad SMARTS) is 1. The van der Waals surface area contributed by atoms with Gasteiger partial charge in [-0.1, -0.05) is 11.6 Å². The number of likely N-dealkylation sites (N-methyl/N-ethyl adjacent to an activating group) is 1. The third-order valence-corrected chi connectivity index (χ3v) is 5.24. The maximum Gasteiger partial charge on any atom is 0.317 e. The van der Waals surface area contributed by atoms with E-state index in [1.807, 2.05) is 24.1 Å². The van der Waals surface area contributed by atoms with Crippen molar-refractivity contribution in [1.82, 2.24) is 9.80 Å². The number of hydrogen-bond donors (Lipinski definition) is 1. The second kappa shape index (κ2) is 7.72. The summed E-state index contributed by atoms with van der Waals surface area (Å²) in [5, 5.41) is 9.75. The molecule has 0 aliphatic carbocycles. The van der Waals surface area contributed by atoms with Crippen LogP contribution in [0.5, 0.6) is 5.75 Å². The van der Waals surface area contributed by atoms with Crippen LogP contribution >= 0.6 is 11.6 Å². The summed E-state index contributed by atoms with van der Waals surface area (Å²) >= 11 is 6.26. The van der Waals surface area contributed by atoms with Gasteiger partial charge in [-0.3, -0.25) is 14.6 Å². The first-order valence-corrected chi connectivity index (χ1v) is 8.99. The highest BCUT2D eigenvalue weighted by Gasteiger charge is 2.24. The molecule has 3 rings (SSSR count). The Morgan fingerprint density at radius 3 is 3.04 bits per heavy atom. The number of carbonyl (C=O) groups is 1. The average molecular weight is 353 g/mol. The van der Waals surface area contributed by atoms with Gasteiger partial charge in [-0.15, -0.1) is 0 Å². The van der Waals surface area contributed by atoms with Crippen molar-refractivity contribution in [2.45, 2.75) is 38.3 Å². The van der Waals surface area contributed by atoms with Gasteiger partial charge in [-0.2, -0.15) is 0 Å². The van der Waals surface area contributed by atoms with Crippen molar-refractivity contribution in [3.63, 3.8) is 0 Å². The summed E-state index contributed by atoms with van der Waals surface area (Å²) in [6, 6.07) is 4.37. The quantitative estimate of drug-likeness (QED) is 0.883. The zero-order valence-corrected chi connectivity index (χ0v) is 14.9. The fourth-order valence-corrected chi connectivity index (χ4v) is 4.05. The van der Waals surface area contributed by atoms with E-state index in [2.05, 4.69) is 4.90 Å². The third kappa shape index (κ3) is 4.21. The number of ether oxygens (including phenoxy) is 1. The van der Waals surface area contributed by atoms with E-state index in [-0.39, 0.29) is 6.54 Å². The summed E-state index contributed by atoms with van der Waals surface area (Å²) in [7, 11) is 1.91. The van der Waals surface area contributed by atoms with Gasteiger partial charge < -0.3 is 9.84 Å². The number of aliphatic carboxylic acids is 1. The largest absolute Gasteiger partial charge is 0.493 e. The molecular weight excluding hydrogens is 328 g/mol. The Morgan fingerprint density at radius 1 is 1.42 bits per heavy atom. The molecule has 24 heavy (non-hydrogen) atoms. The summed E-state index contributed by atoms with van der Waals surface area (Å²) < 4.78 is 5.80. The molecule has 0 amide bonds. The van der Waals surface area contributed by atoms with Crippen molar-refractivity contribution >= 4 is 17.6 Å². The minimum atomic E-state index is -0.759. The maximum absolute atomic E-state index is 10.9. The maximum atomic E-state index is 10.9. The minimum absolute atomic E-state index is 0.111. The standard InChI is InChI=1S/C18H25ClN2O3/c1-20(12-17(22)23)16-3-2-6-21(7-4-16)11-14-10-15(19)9-13-5-8-24-18(13)14/h9-10,16H,2-8,11-12H2,1H3,(H,22,23). The smallest absolute Gasteiger partial charge is 0.317 e. The number of benzene rings is 1. The molecule has 2 aliphatic rings. The van der Waals surface area contributed by atoms with Crippen molar-refractivity contribution in [2.75, 3.05) is 33.3 Å².